The quantitative estimate of drug-likeness (QED) is 0.722. The van der Waals surface area contributed by atoms with Crippen LogP contribution in [0.25, 0.3) is 0 Å². The van der Waals surface area contributed by atoms with Crippen molar-refractivity contribution in [2.75, 3.05) is 33.4 Å². The van der Waals surface area contributed by atoms with Crippen LogP contribution in [0.5, 0.6) is 0 Å². The lowest BCUT2D eigenvalue weighted by Gasteiger charge is -2.15. The summed E-state index contributed by atoms with van der Waals surface area (Å²) in [5.41, 5.74) is 0.833. The molecule has 1 unspecified atom stereocenters. The van der Waals surface area contributed by atoms with Crippen LogP contribution in [-0.4, -0.2) is 52.6 Å². The number of hydrogen-bond acceptors (Lipinski definition) is 5. The van der Waals surface area contributed by atoms with Crippen molar-refractivity contribution in [3.8, 4) is 0 Å². The van der Waals surface area contributed by atoms with Gasteiger partial charge in [-0.15, -0.1) is 0 Å². The summed E-state index contributed by atoms with van der Waals surface area (Å²) in [6.07, 6.45) is 0.847. The maximum atomic E-state index is 12.2. The first-order valence-corrected chi connectivity index (χ1v) is 9.05. The highest BCUT2D eigenvalue weighted by molar-refractivity contribution is 7.89. The Morgan fingerprint density at radius 1 is 1.39 bits per heavy atom. The molecule has 1 amide bonds. The van der Waals surface area contributed by atoms with Crippen molar-refractivity contribution < 1.29 is 17.9 Å². The highest BCUT2D eigenvalue weighted by Crippen LogP contribution is 2.16. The van der Waals surface area contributed by atoms with Gasteiger partial charge < -0.3 is 15.0 Å². The van der Waals surface area contributed by atoms with E-state index in [1.54, 1.807) is 19.2 Å². The third-order valence-electron chi connectivity index (χ3n) is 3.97. The van der Waals surface area contributed by atoms with Gasteiger partial charge in [-0.25, -0.2) is 13.6 Å². The molecule has 1 fully saturated rings. The van der Waals surface area contributed by atoms with E-state index in [2.05, 4.69) is 10.2 Å². The second-order valence-corrected chi connectivity index (χ2v) is 7.25. The van der Waals surface area contributed by atoms with Crippen LogP contribution in [0.1, 0.15) is 12.0 Å². The van der Waals surface area contributed by atoms with E-state index in [1.807, 2.05) is 0 Å². The number of nitrogens with one attached hydrogen (secondary N) is 1. The van der Waals surface area contributed by atoms with E-state index in [1.165, 1.54) is 12.1 Å². The lowest BCUT2D eigenvalue weighted by Crippen LogP contribution is -2.33. The van der Waals surface area contributed by atoms with E-state index >= 15 is 0 Å². The van der Waals surface area contributed by atoms with Gasteiger partial charge in [-0.05, 0) is 30.7 Å². The lowest BCUT2D eigenvalue weighted by molar-refractivity contribution is -0.124. The van der Waals surface area contributed by atoms with Crippen molar-refractivity contribution in [3.05, 3.63) is 29.8 Å². The third kappa shape index (κ3) is 5.28. The number of carbonyl (C=O) groups excluding carboxylic acids is 1. The van der Waals surface area contributed by atoms with Crippen molar-refractivity contribution in [1.29, 1.82) is 0 Å². The van der Waals surface area contributed by atoms with Gasteiger partial charge in [0.1, 0.15) is 0 Å². The molecule has 0 aromatic heterocycles. The fourth-order valence-electron chi connectivity index (χ4n) is 2.60. The average molecular weight is 341 g/mol. The smallest absolute Gasteiger partial charge is 0.238 e. The number of hydrogen-bond donors (Lipinski definition) is 2. The van der Waals surface area contributed by atoms with Crippen LogP contribution in [0.15, 0.2) is 29.2 Å². The molecule has 8 heteroatoms. The Kier molecular flexibility index (Phi) is 6.11. The highest BCUT2D eigenvalue weighted by atomic mass is 32.2. The van der Waals surface area contributed by atoms with Gasteiger partial charge in [0, 0.05) is 26.7 Å². The first-order chi connectivity index (χ1) is 10.9. The van der Waals surface area contributed by atoms with Gasteiger partial charge in [0.05, 0.1) is 17.4 Å². The zero-order chi connectivity index (χ0) is 16.9. The Bertz CT molecular complexity index is 631. The van der Waals surface area contributed by atoms with Crippen LogP contribution in [0.4, 0.5) is 0 Å². The van der Waals surface area contributed by atoms with Gasteiger partial charge in [-0.2, -0.15) is 0 Å². The molecule has 0 spiro atoms. The lowest BCUT2D eigenvalue weighted by atomic mass is 10.1. The SMILES string of the molecule is COCCN1CCC(C(=O)NCc2ccc(S(N)(=O)=O)cc2)C1. The topological polar surface area (TPSA) is 102 Å². The number of nitrogens with two attached hydrogens (primary N) is 1. The molecule has 0 aliphatic carbocycles. The number of rotatable bonds is 7. The highest BCUT2D eigenvalue weighted by Gasteiger charge is 2.27. The molecule has 7 nitrogen and oxygen atoms in total. The molecule has 23 heavy (non-hydrogen) atoms. The maximum absolute atomic E-state index is 12.2. The molecular formula is C15H23N3O4S. The molecule has 0 bridgehead atoms. The van der Waals surface area contributed by atoms with Gasteiger partial charge in [0.25, 0.3) is 0 Å². The van der Waals surface area contributed by atoms with Crippen LogP contribution >= 0.6 is 0 Å². The number of amides is 1. The Morgan fingerprint density at radius 3 is 2.70 bits per heavy atom. The standard InChI is InChI=1S/C15H23N3O4S/c1-22-9-8-18-7-6-13(11-18)15(19)17-10-12-2-4-14(5-3-12)23(16,20)21/h2-5,13H,6-11H2,1H3,(H,17,19)(H2,16,20,21). The summed E-state index contributed by atoms with van der Waals surface area (Å²) < 4.78 is 27.4. The summed E-state index contributed by atoms with van der Waals surface area (Å²) in [4.78, 5) is 14.5. The largest absolute Gasteiger partial charge is 0.383 e. The zero-order valence-electron chi connectivity index (χ0n) is 13.2. The molecule has 1 heterocycles. The van der Waals surface area contributed by atoms with Crippen molar-refractivity contribution in [2.45, 2.75) is 17.9 Å². The third-order valence-corrected chi connectivity index (χ3v) is 4.90. The van der Waals surface area contributed by atoms with E-state index in [9.17, 15) is 13.2 Å². The minimum atomic E-state index is -3.68. The summed E-state index contributed by atoms with van der Waals surface area (Å²) in [6, 6.07) is 6.19. The van der Waals surface area contributed by atoms with E-state index in [4.69, 9.17) is 9.88 Å². The molecule has 128 valence electrons. The number of benzene rings is 1. The second-order valence-electron chi connectivity index (χ2n) is 5.69. The van der Waals surface area contributed by atoms with Crippen LogP contribution in [0.2, 0.25) is 0 Å². The molecule has 1 atom stereocenters. The first-order valence-electron chi connectivity index (χ1n) is 7.51. The number of nitrogens with zero attached hydrogens (tertiary/aromatic N) is 1. The van der Waals surface area contributed by atoms with Crippen LogP contribution < -0.4 is 10.5 Å². The number of ether oxygens (including phenoxy) is 1. The van der Waals surface area contributed by atoms with E-state index in [0.29, 0.717) is 13.2 Å². The monoisotopic (exact) mass is 341 g/mol. The Morgan fingerprint density at radius 2 is 2.09 bits per heavy atom. The van der Waals surface area contributed by atoms with Gasteiger partial charge in [0.15, 0.2) is 0 Å². The number of carbonyl (C=O) groups is 1. The van der Waals surface area contributed by atoms with E-state index in [0.717, 1.165) is 31.6 Å². The van der Waals surface area contributed by atoms with Crippen molar-refractivity contribution in [3.63, 3.8) is 0 Å². The second kappa shape index (κ2) is 7.87. The molecule has 3 N–H and O–H groups in total. The van der Waals surface area contributed by atoms with Gasteiger partial charge in [-0.3, -0.25) is 4.79 Å². The number of sulfonamides is 1. The molecule has 0 radical (unpaired) electrons. The van der Waals surface area contributed by atoms with Crippen molar-refractivity contribution in [2.24, 2.45) is 11.1 Å². The fourth-order valence-corrected chi connectivity index (χ4v) is 3.12. The summed E-state index contributed by atoms with van der Waals surface area (Å²) in [7, 11) is -2.01. The average Bonchev–Trinajstić information content (AvgIpc) is 2.99. The minimum absolute atomic E-state index is 0.00412. The molecule has 1 aromatic rings. The fraction of sp³-hybridized carbons (Fsp3) is 0.533. The van der Waals surface area contributed by atoms with Gasteiger partial charge >= 0.3 is 0 Å². The van der Waals surface area contributed by atoms with Crippen LogP contribution in [-0.2, 0) is 26.1 Å². The summed E-state index contributed by atoms with van der Waals surface area (Å²) in [6.45, 7) is 3.54. The molecular weight excluding hydrogens is 318 g/mol. The molecule has 1 saturated heterocycles. The van der Waals surface area contributed by atoms with E-state index < -0.39 is 10.0 Å². The summed E-state index contributed by atoms with van der Waals surface area (Å²) in [5, 5.41) is 7.95. The first kappa shape index (κ1) is 17.9. The summed E-state index contributed by atoms with van der Waals surface area (Å²) in [5.74, 6) is 0.0241. The van der Waals surface area contributed by atoms with Crippen molar-refractivity contribution >= 4 is 15.9 Å². The zero-order valence-corrected chi connectivity index (χ0v) is 14.0. The molecule has 1 aromatic carbocycles. The Balaban J connectivity index is 1.81. The Hall–Kier alpha value is -1.48. The van der Waals surface area contributed by atoms with E-state index in [-0.39, 0.29) is 16.7 Å². The summed E-state index contributed by atoms with van der Waals surface area (Å²) >= 11 is 0. The van der Waals surface area contributed by atoms with Gasteiger partial charge in [0.2, 0.25) is 15.9 Å². The molecule has 0 saturated carbocycles. The van der Waals surface area contributed by atoms with Crippen LogP contribution in [0, 0.1) is 5.92 Å². The Labute approximate surface area is 136 Å². The van der Waals surface area contributed by atoms with Gasteiger partial charge in [-0.1, -0.05) is 12.1 Å². The normalized spacial score (nSPS) is 19.0. The van der Waals surface area contributed by atoms with Crippen LogP contribution in [0.3, 0.4) is 0 Å². The minimum Gasteiger partial charge on any atom is -0.383 e. The molecule has 2 rings (SSSR count). The number of primary sulfonamides is 1. The molecule has 1 aliphatic heterocycles. The number of methoxy groups -OCH3 is 1. The predicted octanol–water partition coefficient (Wildman–Crippen LogP) is -0.0815. The number of likely N-dealkylation sites (tertiary alicyclic amines) is 1. The predicted molar refractivity (Wildman–Crippen MR) is 86.1 cm³/mol. The van der Waals surface area contributed by atoms with Crippen molar-refractivity contribution in [1.82, 2.24) is 10.2 Å². The molecule has 1 aliphatic rings. The maximum Gasteiger partial charge on any atom is 0.238 e.